The Kier molecular flexibility index (Phi) is 3.56. The Labute approximate surface area is 122 Å². The van der Waals surface area contributed by atoms with Gasteiger partial charge in [-0.15, -0.1) is 0 Å². The van der Waals surface area contributed by atoms with Gasteiger partial charge in [0.25, 0.3) is 5.56 Å². The normalized spacial score (nSPS) is 11.1. The fourth-order valence-electron chi connectivity index (χ4n) is 2.54. The van der Waals surface area contributed by atoms with E-state index >= 15 is 0 Å². The van der Waals surface area contributed by atoms with Gasteiger partial charge < -0.3 is 0 Å². The third kappa shape index (κ3) is 2.46. The van der Waals surface area contributed by atoms with Gasteiger partial charge in [-0.2, -0.15) is 0 Å². The number of hydrogen-bond donors (Lipinski definition) is 1. The molecule has 0 atom stereocenters. The van der Waals surface area contributed by atoms with Crippen LogP contribution in [-0.2, 0) is 13.5 Å². The molecule has 0 aliphatic heterocycles. The zero-order valence-corrected chi connectivity index (χ0v) is 12.3. The summed E-state index contributed by atoms with van der Waals surface area (Å²) < 4.78 is 1.68. The number of nitrogens with one attached hydrogen (secondary N) is 1. The van der Waals surface area contributed by atoms with Crippen LogP contribution in [0.5, 0.6) is 0 Å². The Morgan fingerprint density at radius 1 is 1.29 bits per heavy atom. The third-order valence-electron chi connectivity index (χ3n) is 3.67. The van der Waals surface area contributed by atoms with Gasteiger partial charge in [-0.1, -0.05) is 13.3 Å². The van der Waals surface area contributed by atoms with E-state index in [0.29, 0.717) is 11.0 Å². The van der Waals surface area contributed by atoms with Crippen molar-refractivity contribution in [3.05, 3.63) is 46.6 Å². The molecule has 0 saturated heterocycles. The number of fused-ring (bicyclic) bond motifs is 1. The Bertz CT molecular complexity index is 817. The molecule has 0 fully saturated rings. The van der Waals surface area contributed by atoms with E-state index in [0.717, 1.165) is 36.1 Å². The summed E-state index contributed by atoms with van der Waals surface area (Å²) in [5.41, 5.74) is 3.72. The molecule has 0 amide bonds. The molecule has 5 nitrogen and oxygen atoms in total. The second-order valence-electron chi connectivity index (χ2n) is 5.19. The molecule has 1 N–H and O–H groups in total. The van der Waals surface area contributed by atoms with Crippen molar-refractivity contribution in [2.24, 2.45) is 7.05 Å². The van der Waals surface area contributed by atoms with E-state index in [1.807, 2.05) is 25.2 Å². The zero-order valence-electron chi connectivity index (χ0n) is 12.3. The molecule has 0 aromatic carbocycles. The van der Waals surface area contributed by atoms with Crippen LogP contribution in [0.15, 0.2) is 35.4 Å². The number of aromatic amines is 1. The minimum Gasteiger partial charge on any atom is -0.271 e. The minimum absolute atomic E-state index is 0.0997. The lowest BCUT2D eigenvalue weighted by molar-refractivity contribution is 0.756. The van der Waals surface area contributed by atoms with Crippen LogP contribution in [0.25, 0.3) is 22.2 Å². The molecule has 0 saturated carbocycles. The first kappa shape index (κ1) is 13.5. The minimum atomic E-state index is -0.0997. The van der Waals surface area contributed by atoms with Gasteiger partial charge in [0.15, 0.2) is 5.65 Å². The summed E-state index contributed by atoms with van der Waals surface area (Å²) in [6.07, 6.45) is 6.62. The fourth-order valence-corrected chi connectivity index (χ4v) is 2.54. The van der Waals surface area contributed by atoms with Crippen molar-refractivity contribution in [1.82, 2.24) is 19.7 Å². The number of aromatic nitrogens is 4. The predicted molar refractivity (Wildman–Crippen MR) is 83.2 cm³/mol. The molecule has 3 heterocycles. The molecule has 21 heavy (non-hydrogen) atoms. The summed E-state index contributed by atoms with van der Waals surface area (Å²) in [4.78, 5) is 20.8. The number of unbranched alkanes of at least 4 members (excludes halogenated alkanes) is 1. The van der Waals surface area contributed by atoms with Crippen molar-refractivity contribution < 1.29 is 0 Å². The van der Waals surface area contributed by atoms with Crippen LogP contribution < -0.4 is 5.56 Å². The van der Waals surface area contributed by atoms with Crippen LogP contribution in [0.2, 0.25) is 0 Å². The average molecular weight is 282 g/mol. The summed E-state index contributed by atoms with van der Waals surface area (Å²) >= 11 is 0. The van der Waals surface area contributed by atoms with Crippen LogP contribution >= 0.6 is 0 Å². The van der Waals surface area contributed by atoms with E-state index in [9.17, 15) is 4.79 Å². The summed E-state index contributed by atoms with van der Waals surface area (Å²) in [6, 6.07) is 5.85. The molecular formula is C16H18N4O. The van der Waals surface area contributed by atoms with Gasteiger partial charge in [-0.25, -0.2) is 4.98 Å². The van der Waals surface area contributed by atoms with Gasteiger partial charge in [0.05, 0.1) is 11.1 Å². The van der Waals surface area contributed by atoms with E-state index in [1.165, 1.54) is 0 Å². The number of pyridine rings is 2. The molecule has 3 rings (SSSR count). The van der Waals surface area contributed by atoms with Crippen LogP contribution in [0, 0.1) is 0 Å². The average Bonchev–Trinajstić information content (AvgIpc) is 2.79. The summed E-state index contributed by atoms with van der Waals surface area (Å²) in [5.74, 6) is 0. The van der Waals surface area contributed by atoms with Crippen LogP contribution in [0.4, 0.5) is 0 Å². The van der Waals surface area contributed by atoms with Gasteiger partial charge in [0, 0.05) is 25.0 Å². The fraction of sp³-hybridized carbons (Fsp3) is 0.312. The van der Waals surface area contributed by atoms with Crippen molar-refractivity contribution in [3.8, 4) is 11.1 Å². The highest BCUT2D eigenvalue weighted by Gasteiger charge is 2.13. The highest BCUT2D eigenvalue weighted by Crippen LogP contribution is 2.26. The molecule has 0 unspecified atom stereocenters. The number of H-pyrrole nitrogens is 1. The van der Waals surface area contributed by atoms with Crippen molar-refractivity contribution in [2.45, 2.75) is 26.2 Å². The largest absolute Gasteiger partial charge is 0.273 e. The third-order valence-corrected chi connectivity index (χ3v) is 3.67. The lowest BCUT2D eigenvalue weighted by Gasteiger charge is -2.09. The smallest absolute Gasteiger partial charge is 0.271 e. The molecule has 0 radical (unpaired) electrons. The number of rotatable bonds is 4. The monoisotopic (exact) mass is 282 g/mol. The summed E-state index contributed by atoms with van der Waals surface area (Å²) in [6.45, 7) is 2.16. The maximum absolute atomic E-state index is 12.0. The topological polar surface area (TPSA) is 63.6 Å². The standard InChI is InChI=1S/C16H18N4O/c1-3-4-5-14-12(11-6-8-17-9-7-11)10-13-15(18-14)20(2)19-16(13)21/h6-10H,3-5H2,1-2H3,(H,19,21). The van der Waals surface area contributed by atoms with Crippen LogP contribution in [-0.4, -0.2) is 19.7 Å². The predicted octanol–water partition coefficient (Wildman–Crippen LogP) is 2.67. The van der Waals surface area contributed by atoms with E-state index in [2.05, 4.69) is 17.0 Å². The molecular weight excluding hydrogens is 264 g/mol. The molecule has 0 aliphatic rings. The first-order chi connectivity index (χ1) is 10.2. The Hall–Kier alpha value is -2.43. The lowest BCUT2D eigenvalue weighted by Crippen LogP contribution is -2.01. The first-order valence-electron chi connectivity index (χ1n) is 7.19. The SMILES string of the molecule is CCCCc1nc2c(cc1-c1ccncc1)c(=O)[nH]n2C. The van der Waals surface area contributed by atoms with Crippen molar-refractivity contribution in [2.75, 3.05) is 0 Å². The summed E-state index contributed by atoms with van der Waals surface area (Å²) in [5, 5.41) is 3.39. The van der Waals surface area contributed by atoms with Crippen LogP contribution in [0.3, 0.4) is 0 Å². The zero-order chi connectivity index (χ0) is 14.8. The highest BCUT2D eigenvalue weighted by atomic mass is 16.1. The van der Waals surface area contributed by atoms with Gasteiger partial charge in [0.2, 0.25) is 0 Å². The van der Waals surface area contributed by atoms with Crippen molar-refractivity contribution in [3.63, 3.8) is 0 Å². The van der Waals surface area contributed by atoms with Gasteiger partial charge >= 0.3 is 0 Å². The van der Waals surface area contributed by atoms with E-state index < -0.39 is 0 Å². The number of nitrogens with zero attached hydrogens (tertiary/aromatic N) is 3. The Morgan fingerprint density at radius 3 is 2.76 bits per heavy atom. The van der Waals surface area contributed by atoms with Gasteiger partial charge in [0.1, 0.15) is 0 Å². The Morgan fingerprint density at radius 2 is 2.05 bits per heavy atom. The molecule has 3 aromatic heterocycles. The maximum Gasteiger partial charge on any atom is 0.273 e. The molecule has 0 bridgehead atoms. The molecule has 108 valence electrons. The second kappa shape index (κ2) is 5.52. The van der Waals surface area contributed by atoms with E-state index in [1.54, 1.807) is 17.1 Å². The number of aryl methyl sites for hydroxylation is 2. The molecule has 0 aliphatic carbocycles. The second-order valence-corrected chi connectivity index (χ2v) is 5.19. The molecule has 5 heteroatoms. The summed E-state index contributed by atoms with van der Waals surface area (Å²) in [7, 11) is 1.81. The Balaban J connectivity index is 2.24. The highest BCUT2D eigenvalue weighted by molar-refractivity contribution is 5.82. The lowest BCUT2D eigenvalue weighted by atomic mass is 10.0. The first-order valence-corrected chi connectivity index (χ1v) is 7.19. The number of hydrogen-bond acceptors (Lipinski definition) is 3. The quantitative estimate of drug-likeness (QED) is 0.800. The van der Waals surface area contributed by atoms with Crippen LogP contribution in [0.1, 0.15) is 25.5 Å². The van der Waals surface area contributed by atoms with Gasteiger partial charge in [-0.05, 0) is 36.6 Å². The maximum atomic E-state index is 12.0. The van der Waals surface area contributed by atoms with Crippen molar-refractivity contribution >= 4 is 11.0 Å². The molecule has 0 spiro atoms. The van der Waals surface area contributed by atoms with Gasteiger partial charge in [-0.3, -0.25) is 19.6 Å². The van der Waals surface area contributed by atoms with Crippen molar-refractivity contribution in [1.29, 1.82) is 0 Å². The van der Waals surface area contributed by atoms with E-state index in [4.69, 9.17) is 4.98 Å². The molecule has 3 aromatic rings. The van der Waals surface area contributed by atoms with E-state index in [-0.39, 0.29) is 5.56 Å².